The first-order valence-electron chi connectivity index (χ1n) is 8.00. The van der Waals surface area contributed by atoms with E-state index in [9.17, 15) is 4.79 Å². The highest BCUT2D eigenvalue weighted by Crippen LogP contribution is 2.38. The van der Waals surface area contributed by atoms with Crippen LogP contribution < -0.4 is 10.6 Å². The van der Waals surface area contributed by atoms with Gasteiger partial charge in [-0.25, -0.2) is 0 Å². The van der Waals surface area contributed by atoms with Gasteiger partial charge < -0.3 is 10.6 Å². The molecule has 2 unspecified atom stereocenters. The third-order valence-corrected chi connectivity index (χ3v) is 4.55. The van der Waals surface area contributed by atoms with Gasteiger partial charge in [-0.3, -0.25) is 4.79 Å². The average molecular weight is 288 g/mol. The molecule has 0 aromatic heterocycles. The number of nitrogens with one attached hydrogen (secondary N) is 2. The molecular formula is C18H28N2O. The van der Waals surface area contributed by atoms with Gasteiger partial charge in [0.15, 0.2) is 0 Å². The van der Waals surface area contributed by atoms with Crippen LogP contribution in [-0.4, -0.2) is 18.5 Å². The lowest BCUT2D eigenvalue weighted by atomic mass is 9.70. The van der Waals surface area contributed by atoms with Crippen molar-refractivity contribution in [2.24, 2.45) is 11.3 Å². The summed E-state index contributed by atoms with van der Waals surface area (Å²) in [6.07, 6.45) is 3.64. The summed E-state index contributed by atoms with van der Waals surface area (Å²) in [6.45, 7) is 8.00. The van der Waals surface area contributed by atoms with Gasteiger partial charge in [-0.15, -0.1) is 0 Å². The Bertz CT molecular complexity index is 456. The normalized spacial score (nSPS) is 24.5. The molecule has 0 bridgehead atoms. The second-order valence-electron chi connectivity index (χ2n) is 7.13. The molecule has 3 nitrogen and oxygen atoms in total. The van der Waals surface area contributed by atoms with Crippen LogP contribution in [0.5, 0.6) is 0 Å². The van der Waals surface area contributed by atoms with E-state index in [1.807, 2.05) is 30.3 Å². The molecule has 116 valence electrons. The molecule has 0 spiro atoms. The summed E-state index contributed by atoms with van der Waals surface area (Å²) >= 11 is 0. The van der Waals surface area contributed by atoms with Crippen LogP contribution in [0.2, 0.25) is 0 Å². The van der Waals surface area contributed by atoms with Crippen LogP contribution in [0.25, 0.3) is 0 Å². The summed E-state index contributed by atoms with van der Waals surface area (Å²) in [7, 11) is 0. The monoisotopic (exact) mass is 288 g/mol. The predicted molar refractivity (Wildman–Crippen MR) is 86.9 cm³/mol. The molecule has 2 rings (SSSR count). The van der Waals surface area contributed by atoms with Crippen LogP contribution in [0.3, 0.4) is 0 Å². The van der Waals surface area contributed by atoms with Gasteiger partial charge >= 0.3 is 0 Å². The number of benzene rings is 1. The molecule has 0 heterocycles. The largest absolute Gasteiger partial charge is 0.351 e. The lowest BCUT2D eigenvalue weighted by molar-refractivity contribution is -0.120. The Morgan fingerprint density at radius 3 is 2.67 bits per heavy atom. The van der Waals surface area contributed by atoms with E-state index in [1.54, 1.807) is 0 Å². The minimum Gasteiger partial charge on any atom is -0.351 e. The average Bonchev–Trinajstić information content (AvgIpc) is 2.44. The van der Waals surface area contributed by atoms with Gasteiger partial charge in [-0.2, -0.15) is 0 Å². The summed E-state index contributed by atoms with van der Waals surface area (Å²) in [5.41, 5.74) is 1.59. The van der Waals surface area contributed by atoms with Gasteiger partial charge in [-0.1, -0.05) is 51.1 Å². The van der Waals surface area contributed by atoms with Gasteiger partial charge in [0.05, 0.1) is 6.54 Å². The standard InChI is InChI=1S/C18H28N2O/c1-14-11-18(2,3)10-9-16(14)19-13-17(21)20-12-15-7-5-4-6-8-15/h4-8,14,16,19H,9-13H2,1-3H3,(H,20,21). The number of hydrogen-bond donors (Lipinski definition) is 2. The fourth-order valence-corrected chi connectivity index (χ4v) is 3.33. The topological polar surface area (TPSA) is 41.1 Å². The van der Waals surface area contributed by atoms with Crippen LogP contribution in [0, 0.1) is 11.3 Å². The van der Waals surface area contributed by atoms with E-state index in [1.165, 1.54) is 19.3 Å². The molecular weight excluding hydrogens is 260 g/mol. The molecule has 0 radical (unpaired) electrons. The highest BCUT2D eigenvalue weighted by atomic mass is 16.1. The van der Waals surface area contributed by atoms with Crippen molar-refractivity contribution in [3.63, 3.8) is 0 Å². The first-order valence-corrected chi connectivity index (χ1v) is 8.00. The molecule has 1 fully saturated rings. The van der Waals surface area contributed by atoms with Crippen molar-refractivity contribution in [3.8, 4) is 0 Å². The Labute approximate surface area is 128 Å². The van der Waals surface area contributed by atoms with E-state index in [4.69, 9.17) is 0 Å². The van der Waals surface area contributed by atoms with Crippen molar-refractivity contribution in [1.82, 2.24) is 10.6 Å². The first-order chi connectivity index (χ1) is 9.96. The minimum absolute atomic E-state index is 0.0795. The Kier molecular flexibility index (Phi) is 5.40. The Balaban J connectivity index is 1.69. The molecule has 0 saturated heterocycles. The van der Waals surface area contributed by atoms with Crippen LogP contribution in [0.4, 0.5) is 0 Å². The maximum absolute atomic E-state index is 11.9. The van der Waals surface area contributed by atoms with E-state index in [0.717, 1.165) is 5.56 Å². The molecule has 3 heteroatoms. The SMILES string of the molecule is CC1CC(C)(C)CCC1NCC(=O)NCc1ccccc1. The Morgan fingerprint density at radius 1 is 1.29 bits per heavy atom. The Hall–Kier alpha value is -1.35. The highest BCUT2D eigenvalue weighted by Gasteiger charge is 2.32. The fraction of sp³-hybridized carbons (Fsp3) is 0.611. The van der Waals surface area contributed by atoms with Gasteiger partial charge in [0.1, 0.15) is 0 Å². The van der Waals surface area contributed by atoms with Crippen molar-refractivity contribution in [3.05, 3.63) is 35.9 Å². The first kappa shape index (κ1) is 16.0. The van der Waals surface area contributed by atoms with Crippen molar-refractivity contribution in [2.75, 3.05) is 6.54 Å². The molecule has 2 atom stereocenters. The molecule has 21 heavy (non-hydrogen) atoms. The maximum atomic E-state index is 11.9. The van der Waals surface area contributed by atoms with E-state index >= 15 is 0 Å². The molecule has 1 aromatic rings. The Morgan fingerprint density at radius 2 is 2.00 bits per heavy atom. The quantitative estimate of drug-likeness (QED) is 0.874. The second kappa shape index (κ2) is 7.08. The predicted octanol–water partition coefficient (Wildman–Crippen LogP) is 3.11. The van der Waals surface area contributed by atoms with Crippen molar-refractivity contribution in [1.29, 1.82) is 0 Å². The smallest absolute Gasteiger partial charge is 0.234 e. The highest BCUT2D eigenvalue weighted by molar-refractivity contribution is 5.78. The third-order valence-electron chi connectivity index (χ3n) is 4.55. The molecule has 1 aliphatic carbocycles. The van der Waals surface area contributed by atoms with E-state index in [2.05, 4.69) is 31.4 Å². The molecule has 0 aliphatic heterocycles. The lowest BCUT2D eigenvalue weighted by Crippen LogP contribution is -2.45. The van der Waals surface area contributed by atoms with E-state index in [0.29, 0.717) is 30.5 Å². The zero-order valence-electron chi connectivity index (χ0n) is 13.5. The van der Waals surface area contributed by atoms with Crippen LogP contribution in [0.15, 0.2) is 30.3 Å². The summed E-state index contributed by atoms with van der Waals surface area (Å²) in [5.74, 6) is 0.714. The van der Waals surface area contributed by atoms with Gasteiger partial charge in [0.25, 0.3) is 0 Å². The summed E-state index contributed by atoms with van der Waals surface area (Å²) in [6, 6.07) is 10.5. The van der Waals surface area contributed by atoms with Gasteiger partial charge in [0.2, 0.25) is 5.91 Å². The zero-order chi connectivity index (χ0) is 15.3. The van der Waals surface area contributed by atoms with E-state index < -0.39 is 0 Å². The zero-order valence-corrected chi connectivity index (χ0v) is 13.5. The van der Waals surface area contributed by atoms with Crippen LogP contribution in [0.1, 0.15) is 45.6 Å². The van der Waals surface area contributed by atoms with Crippen molar-refractivity contribution >= 4 is 5.91 Å². The summed E-state index contributed by atoms with van der Waals surface area (Å²) < 4.78 is 0. The lowest BCUT2D eigenvalue weighted by Gasteiger charge is -2.39. The number of hydrogen-bond acceptors (Lipinski definition) is 2. The van der Waals surface area contributed by atoms with Crippen molar-refractivity contribution < 1.29 is 4.79 Å². The number of carbonyl (C=O) groups is 1. The molecule has 2 N–H and O–H groups in total. The van der Waals surface area contributed by atoms with Crippen LogP contribution >= 0.6 is 0 Å². The molecule has 1 aromatic carbocycles. The minimum atomic E-state index is 0.0795. The third kappa shape index (κ3) is 5.16. The van der Waals surface area contributed by atoms with E-state index in [-0.39, 0.29) is 5.91 Å². The molecule has 1 aliphatic rings. The molecule has 1 saturated carbocycles. The van der Waals surface area contributed by atoms with Crippen LogP contribution in [-0.2, 0) is 11.3 Å². The second-order valence-corrected chi connectivity index (χ2v) is 7.13. The number of rotatable bonds is 5. The van der Waals surface area contributed by atoms with Crippen molar-refractivity contribution in [2.45, 2.75) is 52.6 Å². The fourth-order valence-electron chi connectivity index (χ4n) is 3.33. The number of amides is 1. The van der Waals surface area contributed by atoms with Gasteiger partial charge in [0, 0.05) is 12.6 Å². The molecule has 1 amide bonds. The number of carbonyl (C=O) groups excluding carboxylic acids is 1. The summed E-state index contributed by atoms with van der Waals surface area (Å²) in [4.78, 5) is 11.9. The van der Waals surface area contributed by atoms with Gasteiger partial charge in [-0.05, 0) is 36.2 Å². The maximum Gasteiger partial charge on any atom is 0.234 e. The summed E-state index contributed by atoms with van der Waals surface area (Å²) in [5, 5.41) is 6.40.